The molecule has 13 nitrogen and oxygen atoms in total. The van der Waals surface area contributed by atoms with Crippen molar-refractivity contribution >= 4 is 46.9 Å². The maximum Gasteiger partial charge on any atom is 0.343 e. The fraction of sp³-hybridized carbons (Fsp3) is 0.270. The monoisotopic (exact) mass is 750 g/mol. The summed E-state index contributed by atoms with van der Waals surface area (Å²) in [5.41, 5.74) is 2.06. The second-order valence-corrected chi connectivity index (χ2v) is 12.5. The molecule has 0 radical (unpaired) electrons. The number of aromatic carboxylic acids is 1. The largest absolute Gasteiger partial charge is 0.493 e. The fourth-order valence-electron chi connectivity index (χ4n) is 5.40. The number of carbonyl (C=O) groups is 3. The van der Waals surface area contributed by atoms with Crippen LogP contribution in [0.4, 0.5) is 0 Å². The minimum Gasteiger partial charge on any atom is -0.493 e. The van der Waals surface area contributed by atoms with E-state index in [0.717, 1.165) is 16.9 Å². The van der Waals surface area contributed by atoms with Crippen LogP contribution < -0.4 is 33.8 Å². The Morgan fingerprint density at radius 2 is 1.71 bits per heavy atom. The number of ether oxygens (including phenoxy) is 6. The van der Waals surface area contributed by atoms with Crippen molar-refractivity contribution in [2.75, 3.05) is 34.0 Å². The lowest BCUT2D eigenvalue weighted by molar-refractivity contribution is -0.143. The van der Waals surface area contributed by atoms with Crippen molar-refractivity contribution in [2.45, 2.75) is 33.4 Å². The van der Waals surface area contributed by atoms with Crippen molar-refractivity contribution in [3.8, 4) is 23.0 Å². The van der Waals surface area contributed by atoms with E-state index in [-0.39, 0.29) is 54.1 Å². The van der Waals surface area contributed by atoms with Gasteiger partial charge in [0.25, 0.3) is 5.56 Å². The van der Waals surface area contributed by atoms with E-state index in [1.807, 2.05) is 0 Å². The van der Waals surface area contributed by atoms with E-state index in [1.54, 1.807) is 69.3 Å². The van der Waals surface area contributed by atoms with E-state index < -0.39 is 29.5 Å². The number of benzene rings is 3. The van der Waals surface area contributed by atoms with Gasteiger partial charge in [-0.05, 0) is 79.9 Å². The van der Waals surface area contributed by atoms with Crippen LogP contribution in [-0.4, -0.2) is 61.6 Å². The molecule has 5 rings (SSSR count). The van der Waals surface area contributed by atoms with Crippen LogP contribution in [0.5, 0.6) is 23.0 Å². The van der Waals surface area contributed by atoms with Crippen molar-refractivity contribution in [1.82, 2.24) is 4.57 Å². The SMILES string of the molecule is CCOC(=O)C1=C(C)N=c2s/c(=C\c3cc(Cl)c(OCc4ccc(C(=O)O)cc4)c(OC)c3)c(=O)n2[C@H]1c1ccc(OCC(=O)OC)c(OCC)c1. The standard InChI is InChI=1S/C37H35ClN2O11S/c1-6-48-27-17-24(12-13-26(27)50-19-30(41)47-5)32-31(36(45)49-7-2)20(3)39-37-40(32)34(42)29(52-37)16-22-14-25(38)33(28(15-22)46-4)51-18-21-8-10-23(11-9-21)35(43)44/h8-17,32H,6-7,18-19H2,1-5H3,(H,43,44)/b29-16-/t32-/m0/s1. The van der Waals surface area contributed by atoms with Crippen molar-refractivity contribution in [3.63, 3.8) is 0 Å². The molecule has 15 heteroatoms. The van der Waals surface area contributed by atoms with E-state index in [9.17, 15) is 19.2 Å². The quantitative estimate of drug-likeness (QED) is 0.178. The van der Waals surface area contributed by atoms with Gasteiger partial charge in [0.05, 0.1) is 59.9 Å². The van der Waals surface area contributed by atoms with Gasteiger partial charge in [-0.15, -0.1) is 0 Å². The van der Waals surface area contributed by atoms with Gasteiger partial charge in [-0.2, -0.15) is 0 Å². The summed E-state index contributed by atoms with van der Waals surface area (Å²) in [6.07, 6.45) is 1.64. The van der Waals surface area contributed by atoms with Crippen LogP contribution in [0.3, 0.4) is 0 Å². The Bertz CT molecular complexity index is 2230. The summed E-state index contributed by atoms with van der Waals surface area (Å²) in [7, 11) is 2.71. The summed E-state index contributed by atoms with van der Waals surface area (Å²) >= 11 is 7.78. The van der Waals surface area contributed by atoms with Crippen molar-refractivity contribution in [1.29, 1.82) is 0 Å². The van der Waals surface area contributed by atoms with Crippen molar-refractivity contribution in [2.24, 2.45) is 4.99 Å². The van der Waals surface area contributed by atoms with E-state index in [4.69, 9.17) is 40.4 Å². The maximum absolute atomic E-state index is 14.2. The molecule has 0 bridgehead atoms. The average Bonchev–Trinajstić information content (AvgIpc) is 3.43. The van der Waals surface area contributed by atoms with Crippen molar-refractivity contribution < 1.29 is 47.9 Å². The van der Waals surface area contributed by atoms with Crippen LogP contribution in [0, 0.1) is 0 Å². The van der Waals surface area contributed by atoms with Gasteiger partial charge < -0.3 is 33.5 Å². The van der Waals surface area contributed by atoms with Gasteiger partial charge in [0.1, 0.15) is 6.61 Å². The van der Waals surface area contributed by atoms with Crippen LogP contribution in [0.15, 0.2) is 75.7 Å². The summed E-state index contributed by atoms with van der Waals surface area (Å²) in [4.78, 5) is 55.5. The number of halogens is 1. The number of rotatable bonds is 14. The van der Waals surface area contributed by atoms with Gasteiger partial charge in [-0.3, -0.25) is 9.36 Å². The summed E-state index contributed by atoms with van der Waals surface area (Å²) in [6, 6.07) is 13.5. The highest BCUT2D eigenvalue weighted by molar-refractivity contribution is 7.07. The van der Waals surface area contributed by atoms with Gasteiger partial charge in [0.15, 0.2) is 34.4 Å². The molecule has 4 aromatic rings. The van der Waals surface area contributed by atoms with Crippen LogP contribution in [0.2, 0.25) is 5.02 Å². The molecule has 2 heterocycles. The lowest BCUT2D eigenvalue weighted by atomic mass is 9.95. The van der Waals surface area contributed by atoms with Crippen molar-refractivity contribution in [3.05, 3.63) is 113 Å². The number of nitrogens with zero attached hydrogens (tertiary/aromatic N) is 2. The third-order valence-electron chi connectivity index (χ3n) is 7.81. The zero-order chi connectivity index (χ0) is 37.5. The second-order valence-electron chi connectivity index (χ2n) is 11.1. The average molecular weight is 751 g/mol. The Morgan fingerprint density at radius 3 is 2.37 bits per heavy atom. The third kappa shape index (κ3) is 8.13. The molecule has 0 spiro atoms. The van der Waals surface area contributed by atoms with Gasteiger partial charge in [0, 0.05) is 0 Å². The van der Waals surface area contributed by atoms with E-state index in [2.05, 4.69) is 9.73 Å². The van der Waals surface area contributed by atoms with Gasteiger partial charge >= 0.3 is 17.9 Å². The summed E-state index contributed by atoms with van der Waals surface area (Å²) in [5, 5.41) is 9.37. The molecule has 0 unspecified atom stereocenters. The zero-order valence-electron chi connectivity index (χ0n) is 28.9. The molecule has 1 N–H and O–H groups in total. The molecule has 1 aliphatic rings. The molecule has 0 saturated carbocycles. The summed E-state index contributed by atoms with van der Waals surface area (Å²) in [6.45, 7) is 5.29. The number of hydrogen-bond acceptors (Lipinski definition) is 12. The lowest BCUT2D eigenvalue weighted by Gasteiger charge is -2.25. The third-order valence-corrected chi connectivity index (χ3v) is 9.07. The molecule has 0 fully saturated rings. The zero-order valence-corrected chi connectivity index (χ0v) is 30.5. The van der Waals surface area contributed by atoms with E-state index >= 15 is 0 Å². The molecule has 52 heavy (non-hydrogen) atoms. The number of carboxylic acids is 1. The molecule has 3 aromatic carbocycles. The number of carbonyl (C=O) groups excluding carboxylic acids is 2. The molecular weight excluding hydrogens is 716 g/mol. The first kappa shape index (κ1) is 37.7. The first-order chi connectivity index (χ1) is 25.0. The summed E-state index contributed by atoms with van der Waals surface area (Å²) in [5.74, 6) is -1.08. The molecule has 0 saturated heterocycles. The Morgan fingerprint density at radius 1 is 0.962 bits per heavy atom. The van der Waals surface area contributed by atoms with Gasteiger partial charge in [0.2, 0.25) is 0 Å². The number of methoxy groups -OCH3 is 2. The fourth-order valence-corrected chi connectivity index (χ4v) is 6.72. The Hall–Kier alpha value is -5.60. The molecule has 1 aromatic heterocycles. The molecule has 0 aliphatic carbocycles. The first-order valence-electron chi connectivity index (χ1n) is 16.0. The highest BCUT2D eigenvalue weighted by Crippen LogP contribution is 2.38. The number of esters is 2. The first-order valence-corrected chi connectivity index (χ1v) is 17.2. The van der Waals surface area contributed by atoms with E-state index in [0.29, 0.717) is 37.7 Å². The second kappa shape index (κ2) is 16.6. The molecule has 0 amide bonds. The predicted octanol–water partition coefficient (Wildman–Crippen LogP) is 4.69. The number of allylic oxidation sites excluding steroid dienone is 1. The number of hydrogen-bond donors (Lipinski definition) is 1. The van der Waals surface area contributed by atoms with E-state index in [1.165, 1.54) is 30.9 Å². The van der Waals surface area contributed by atoms with Gasteiger partial charge in [-0.1, -0.05) is 41.1 Å². The number of carboxylic acid groups (broad SMARTS) is 1. The van der Waals surface area contributed by atoms with Crippen LogP contribution in [-0.2, 0) is 25.7 Å². The predicted molar refractivity (Wildman–Crippen MR) is 191 cm³/mol. The smallest absolute Gasteiger partial charge is 0.343 e. The normalized spacial score (nSPS) is 13.9. The highest BCUT2D eigenvalue weighted by Gasteiger charge is 2.34. The lowest BCUT2D eigenvalue weighted by Crippen LogP contribution is -2.40. The Balaban J connectivity index is 1.56. The Kier molecular flexibility index (Phi) is 12.0. The molecule has 1 aliphatic heterocycles. The summed E-state index contributed by atoms with van der Waals surface area (Å²) < 4.78 is 34.8. The number of thiazole rings is 1. The molecular formula is C37H35ClN2O11S. The minimum atomic E-state index is -1.03. The minimum absolute atomic E-state index is 0.0967. The Labute approximate surface area is 306 Å². The number of aromatic nitrogens is 1. The van der Waals surface area contributed by atoms with Crippen LogP contribution >= 0.6 is 22.9 Å². The molecule has 1 atom stereocenters. The number of fused-ring (bicyclic) bond motifs is 1. The van der Waals surface area contributed by atoms with Gasteiger partial charge in [-0.25, -0.2) is 19.4 Å². The molecule has 272 valence electrons. The van der Waals surface area contributed by atoms with Crippen LogP contribution in [0.25, 0.3) is 6.08 Å². The van der Waals surface area contributed by atoms with Crippen LogP contribution in [0.1, 0.15) is 53.9 Å². The maximum atomic E-state index is 14.2. The highest BCUT2D eigenvalue weighted by atomic mass is 35.5. The topological polar surface area (TPSA) is 161 Å².